The minimum absolute atomic E-state index is 0.0725. The van der Waals surface area contributed by atoms with E-state index in [0.29, 0.717) is 22.8 Å². The molecule has 0 bridgehead atoms. The van der Waals surface area contributed by atoms with Gasteiger partial charge in [0, 0.05) is 10.3 Å². The average molecular weight is 446 g/mol. The second-order valence-electron chi connectivity index (χ2n) is 8.22. The van der Waals surface area contributed by atoms with Crippen LogP contribution in [0.15, 0.2) is 41.0 Å². The molecule has 1 amide bonds. The first-order valence-corrected chi connectivity index (χ1v) is 10.6. The Morgan fingerprint density at radius 1 is 1.13 bits per heavy atom. The topological polar surface area (TPSA) is 85.3 Å². The summed E-state index contributed by atoms with van der Waals surface area (Å²) in [5, 5.41) is 12.7. The van der Waals surface area contributed by atoms with Gasteiger partial charge in [-0.2, -0.15) is 0 Å². The van der Waals surface area contributed by atoms with Crippen LogP contribution in [0.25, 0.3) is 0 Å². The molecule has 166 valence electrons. The summed E-state index contributed by atoms with van der Waals surface area (Å²) < 4.78 is 16.3. The third-order valence-corrected chi connectivity index (χ3v) is 6.00. The van der Waals surface area contributed by atoms with E-state index in [-0.39, 0.29) is 17.9 Å². The van der Waals surface area contributed by atoms with Gasteiger partial charge in [-0.05, 0) is 29.1 Å². The minimum atomic E-state index is -0.796. The summed E-state index contributed by atoms with van der Waals surface area (Å²) in [4.78, 5) is 28.8. The number of ketones is 1. The molecule has 2 aromatic rings. The van der Waals surface area contributed by atoms with Crippen LogP contribution in [-0.4, -0.2) is 43.0 Å². The fourth-order valence-electron chi connectivity index (χ4n) is 3.63. The zero-order valence-electron chi connectivity index (χ0n) is 18.5. The average Bonchev–Trinajstić information content (AvgIpc) is 3.33. The molecule has 8 heteroatoms. The standard InChI is InChI=1S/C23H27NO6S/c1-23(2,3)21(26)17-18(13-10-15(28-4)20(30-6)16(11-13)29-5)24(22(27)19(17)25)12-14-8-7-9-31-14/h7-11,18,25H,12H2,1-6H3. The predicted octanol–water partition coefficient (Wildman–Crippen LogP) is 4.28. The number of aliphatic hydroxyl groups is 1. The molecule has 31 heavy (non-hydrogen) atoms. The molecule has 1 unspecified atom stereocenters. The molecule has 1 N–H and O–H groups in total. The first-order chi connectivity index (χ1) is 14.6. The van der Waals surface area contributed by atoms with Crippen LogP contribution < -0.4 is 14.2 Å². The van der Waals surface area contributed by atoms with E-state index in [9.17, 15) is 14.7 Å². The Hall–Kier alpha value is -3.00. The van der Waals surface area contributed by atoms with E-state index in [4.69, 9.17) is 14.2 Å². The quantitative estimate of drug-likeness (QED) is 0.685. The van der Waals surface area contributed by atoms with Crippen molar-refractivity contribution in [1.29, 1.82) is 0 Å². The summed E-state index contributed by atoms with van der Waals surface area (Å²) in [7, 11) is 4.50. The first kappa shape index (κ1) is 22.7. The van der Waals surface area contributed by atoms with Crippen LogP contribution in [0.2, 0.25) is 0 Å². The van der Waals surface area contributed by atoms with Crippen molar-refractivity contribution < 1.29 is 28.9 Å². The normalized spacial score (nSPS) is 16.6. The van der Waals surface area contributed by atoms with Crippen molar-refractivity contribution in [2.45, 2.75) is 33.4 Å². The number of hydrogen-bond acceptors (Lipinski definition) is 7. The highest BCUT2D eigenvalue weighted by Gasteiger charge is 2.46. The van der Waals surface area contributed by atoms with Crippen molar-refractivity contribution in [1.82, 2.24) is 4.90 Å². The van der Waals surface area contributed by atoms with Gasteiger partial charge in [-0.1, -0.05) is 26.8 Å². The number of Topliss-reactive ketones (excluding diaryl/α,β-unsaturated/α-hetero) is 1. The molecule has 0 saturated carbocycles. The summed E-state index contributed by atoms with van der Waals surface area (Å²) in [5.74, 6) is -0.204. The number of carbonyl (C=O) groups excluding carboxylic acids is 2. The van der Waals surface area contributed by atoms with Gasteiger partial charge in [-0.15, -0.1) is 11.3 Å². The van der Waals surface area contributed by atoms with E-state index >= 15 is 0 Å². The van der Waals surface area contributed by atoms with E-state index in [2.05, 4.69) is 0 Å². The molecule has 7 nitrogen and oxygen atoms in total. The number of rotatable bonds is 7. The van der Waals surface area contributed by atoms with Crippen LogP contribution in [0, 0.1) is 5.41 Å². The minimum Gasteiger partial charge on any atom is -0.503 e. The van der Waals surface area contributed by atoms with Crippen molar-refractivity contribution in [2.75, 3.05) is 21.3 Å². The molecule has 0 saturated heterocycles. The molecule has 1 aromatic carbocycles. The Labute approximate surface area is 185 Å². The Bertz CT molecular complexity index is 994. The summed E-state index contributed by atoms with van der Waals surface area (Å²) in [5.41, 5.74) is -0.138. The number of amides is 1. The second-order valence-corrected chi connectivity index (χ2v) is 9.25. The molecule has 1 aliphatic rings. The van der Waals surface area contributed by atoms with Crippen LogP contribution in [0.1, 0.15) is 37.3 Å². The van der Waals surface area contributed by atoms with Crippen LogP contribution in [0.3, 0.4) is 0 Å². The number of aliphatic hydroxyl groups excluding tert-OH is 1. The fraction of sp³-hybridized carbons (Fsp3) is 0.391. The summed E-state index contributed by atoms with van der Waals surface area (Å²) in [6, 6.07) is 6.41. The van der Waals surface area contributed by atoms with Crippen LogP contribution in [-0.2, 0) is 16.1 Å². The second kappa shape index (κ2) is 8.63. The summed E-state index contributed by atoms with van der Waals surface area (Å²) in [6.45, 7) is 5.53. The predicted molar refractivity (Wildman–Crippen MR) is 118 cm³/mol. The van der Waals surface area contributed by atoms with Crippen LogP contribution >= 0.6 is 11.3 Å². The molecule has 0 radical (unpaired) electrons. The lowest BCUT2D eigenvalue weighted by atomic mass is 9.82. The van der Waals surface area contributed by atoms with E-state index in [1.54, 1.807) is 32.9 Å². The smallest absolute Gasteiger partial charge is 0.290 e. The number of thiophene rings is 1. The number of ether oxygens (including phenoxy) is 3. The number of hydrogen-bond donors (Lipinski definition) is 1. The van der Waals surface area contributed by atoms with Crippen molar-refractivity contribution in [2.24, 2.45) is 5.41 Å². The molecule has 1 aliphatic heterocycles. The lowest BCUT2D eigenvalue weighted by molar-refractivity contribution is -0.130. The van der Waals surface area contributed by atoms with Gasteiger partial charge in [0.25, 0.3) is 5.91 Å². The maximum atomic E-state index is 13.3. The van der Waals surface area contributed by atoms with Gasteiger partial charge < -0.3 is 24.2 Å². The lowest BCUT2D eigenvalue weighted by Gasteiger charge is -2.29. The van der Waals surface area contributed by atoms with Crippen molar-refractivity contribution in [3.05, 3.63) is 51.4 Å². The summed E-state index contributed by atoms with van der Waals surface area (Å²) in [6.07, 6.45) is 0. The molecular formula is C23H27NO6S. The van der Waals surface area contributed by atoms with Gasteiger partial charge in [0.1, 0.15) is 0 Å². The molecule has 2 heterocycles. The van der Waals surface area contributed by atoms with E-state index in [0.717, 1.165) is 4.88 Å². The van der Waals surface area contributed by atoms with Crippen LogP contribution in [0.4, 0.5) is 0 Å². The highest BCUT2D eigenvalue weighted by atomic mass is 32.1. The van der Waals surface area contributed by atoms with E-state index in [1.165, 1.54) is 37.6 Å². The lowest BCUT2D eigenvalue weighted by Crippen LogP contribution is -2.32. The maximum Gasteiger partial charge on any atom is 0.290 e. The number of nitrogens with zero attached hydrogens (tertiary/aromatic N) is 1. The molecule has 0 spiro atoms. The number of benzene rings is 1. The zero-order chi connectivity index (χ0) is 22.9. The maximum absolute atomic E-state index is 13.3. The molecule has 1 atom stereocenters. The van der Waals surface area contributed by atoms with E-state index in [1.807, 2.05) is 17.5 Å². The summed E-state index contributed by atoms with van der Waals surface area (Å²) >= 11 is 1.50. The van der Waals surface area contributed by atoms with Crippen molar-refractivity contribution in [3.8, 4) is 17.2 Å². The zero-order valence-corrected chi connectivity index (χ0v) is 19.3. The Balaban J connectivity index is 2.21. The van der Waals surface area contributed by atoms with Crippen LogP contribution in [0.5, 0.6) is 17.2 Å². The van der Waals surface area contributed by atoms with Gasteiger partial charge in [-0.25, -0.2) is 0 Å². The first-order valence-electron chi connectivity index (χ1n) is 9.75. The monoisotopic (exact) mass is 445 g/mol. The Morgan fingerprint density at radius 2 is 1.74 bits per heavy atom. The van der Waals surface area contributed by atoms with E-state index < -0.39 is 23.1 Å². The van der Waals surface area contributed by atoms with Gasteiger partial charge in [-0.3, -0.25) is 9.59 Å². The molecule has 0 fully saturated rings. The third-order valence-electron chi connectivity index (χ3n) is 5.14. The Kier molecular flexibility index (Phi) is 6.31. The number of carbonyl (C=O) groups is 2. The molecular weight excluding hydrogens is 418 g/mol. The van der Waals surface area contributed by atoms with Gasteiger partial charge in [0.15, 0.2) is 23.0 Å². The highest BCUT2D eigenvalue weighted by Crippen LogP contribution is 2.46. The fourth-order valence-corrected chi connectivity index (χ4v) is 4.33. The largest absolute Gasteiger partial charge is 0.503 e. The third kappa shape index (κ3) is 4.12. The van der Waals surface area contributed by atoms with Gasteiger partial charge in [0.05, 0.1) is 39.5 Å². The van der Waals surface area contributed by atoms with Gasteiger partial charge >= 0.3 is 0 Å². The Morgan fingerprint density at radius 3 is 2.19 bits per heavy atom. The van der Waals surface area contributed by atoms with Crippen molar-refractivity contribution >= 4 is 23.0 Å². The van der Waals surface area contributed by atoms with Gasteiger partial charge in [0.2, 0.25) is 5.75 Å². The molecule has 3 rings (SSSR count). The molecule has 1 aromatic heterocycles. The molecule has 0 aliphatic carbocycles. The van der Waals surface area contributed by atoms with Crippen molar-refractivity contribution in [3.63, 3.8) is 0 Å². The highest BCUT2D eigenvalue weighted by molar-refractivity contribution is 7.09. The SMILES string of the molecule is COc1cc(C2C(C(=O)C(C)(C)C)=C(O)C(=O)N2Cc2cccs2)cc(OC)c1OC. The number of methoxy groups -OCH3 is 3.